The minimum atomic E-state index is 0. The van der Waals surface area contributed by atoms with E-state index < -0.39 is 0 Å². The molecule has 28 aromatic rings. The van der Waals surface area contributed by atoms with Crippen LogP contribution in [0.2, 0.25) is 0 Å². The van der Waals surface area contributed by atoms with Gasteiger partial charge in [0.2, 0.25) is 0 Å². The normalized spacial score (nSPS) is 11.4. The lowest BCUT2D eigenvalue weighted by Crippen LogP contribution is -2.01. The summed E-state index contributed by atoms with van der Waals surface area (Å²) in [6.07, 6.45) is 0. The summed E-state index contributed by atoms with van der Waals surface area (Å²) >= 11 is 0. The van der Waals surface area contributed by atoms with Gasteiger partial charge in [-0.05, 0) is 200 Å². The molecule has 0 aliphatic heterocycles. The molecule has 12 nitrogen and oxygen atoms in total. The van der Waals surface area contributed by atoms with E-state index in [2.05, 4.69) is 370 Å². The largest absolute Gasteiger partial charge is 0.456 e. The quantitative estimate of drug-likeness (QED) is 0.108. The average Bonchev–Trinajstić information content (AvgIpc) is 1.75. The molecule has 28 rings (SSSR count). The number of rotatable bonds is 13. The summed E-state index contributed by atoms with van der Waals surface area (Å²) in [4.78, 5) is 45.6. The number of hydrogen-bond donors (Lipinski definition) is 0. The van der Waals surface area contributed by atoms with Crippen LogP contribution in [0.3, 0.4) is 0 Å². The summed E-state index contributed by atoms with van der Waals surface area (Å²) in [5, 5.41) is 20.3. The number of aromatic nitrogens is 9. The average molecular weight is 1840 g/mol. The first-order valence-electron chi connectivity index (χ1n) is 47.2. The topological polar surface area (TPSA) is 155 Å². The monoisotopic (exact) mass is 1830 g/mol. The van der Waals surface area contributed by atoms with Crippen LogP contribution in [0.15, 0.2) is 492 Å². The first-order valence-corrected chi connectivity index (χ1v) is 47.2. The van der Waals surface area contributed by atoms with E-state index in [0.29, 0.717) is 52.4 Å². The van der Waals surface area contributed by atoms with Gasteiger partial charge in [-0.15, -0.1) is 0 Å². The first-order chi connectivity index (χ1) is 69.8. The molecule has 12 heteroatoms. The SMILES string of the molecule is C.C.c1ccc(-c2ccc(-c3nc(-c4ccccc4)nc(-c4ccc(-c5ccc6c(c5)oc5ccccc56)c5ccccc45)n3)cc2)cc1.c1ccc(-c2nc(-c3ccc4ccccc4c3)nc(-c3ccc(-c4ccc5oc6ccccc6c5c4)c4ccccc34)n2)cc1.c1ccc2cc(-c3nc(-c4ccc5ccccc5c4)nc(-c4ccc(-c5ccc6oc7ccccc7c6c5)c5ccccc45)n3)ccc2c1. The van der Waals surface area contributed by atoms with E-state index in [1.807, 2.05) is 109 Å². The molecule has 0 amide bonds. The second-order valence-electron chi connectivity index (χ2n) is 35.3. The molecule has 674 valence electrons. The molecule has 0 radical (unpaired) electrons. The van der Waals surface area contributed by atoms with Crippen molar-refractivity contribution in [3.63, 3.8) is 0 Å². The van der Waals surface area contributed by atoms with E-state index >= 15 is 0 Å². The van der Waals surface area contributed by atoms with Crippen LogP contribution in [0.5, 0.6) is 0 Å². The van der Waals surface area contributed by atoms with Crippen LogP contribution in [0.25, 0.3) is 277 Å². The summed E-state index contributed by atoms with van der Waals surface area (Å²) in [6, 6.07) is 166. The summed E-state index contributed by atoms with van der Waals surface area (Å²) in [5.41, 5.74) is 23.0. The Hall–Kier alpha value is -19.2. The van der Waals surface area contributed by atoms with Gasteiger partial charge in [-0.1, -0.05) is 403 Å². The van der Waals surface area contributed by atoms with Crippen molar-refractivity contribution in [2.75, 3.05) is 0 Å². The second kappa shape index (κ2) is 37.0. The second-order valence-corrected chi connectivity index (χ2v) is 35.3. The molecule has 0 aliphatic carbocycles. The van der Waals surface area contributed by atoms with Gasteiger partial charge in [-0.2, -0.15) is 0 Å². The van der Waals surface area contributed by atoms with Gasteiger partial charge in [0, 0.05) is 82.4 Å². The molecule has 6 aromatic heterocycles. The molecule has 0 spiro atoms. The molecule has 0 fully saturated rings. The number of para-hydroxylation sites is 3. The summed E-state index contributed by atoms with van der Waals surface area (Å²) in [6.45, 7) is 0. The number of fused-ring (bicyclic) bond motifs is 15. The molecular weight excluding hydrogens is 1750 g/mol. The van der Waals surface area contributed by atoms with Crippen LogP contribution in [0.1, 0.15) is 14.9 Å². The van der Waals surface area contributed by atoms with Gasteiger partial charge in [0.1, 0.15) is 33.5 Å². The number of furan rings is 3. The maximum absolute atomic E-state index is 6.24. The zero-order valence-electron chi connectivity index (χ0n) is 75.9. The van der Waals surface area contributed by atoms with Crippen LogP contribution in [-0.2, 0) is 0 Å². The molecule has 6 heterocycles. The fourth-order valence-electron chi connectivity index (χ4n) is 19.8. The van der Waals surface area contributed by atoms with E-state index in [9.17, 15) is 0 Å². The molecule has 0 saturated carbocycles. The fourth-order valence-corrected chi connectivity index (χ4v) is 19.8. The van der Waals surface area contributed by atoms with Crippen LogP contribution in [-0.4, -0.2) is 44.9 Å². The molecular formula is C131H87N9O3. The third-order valence-electron chi connectivity index (χ3n) is 26.8. The van der Waals surface area contributed by atoms with E-state index in [4.69, 9.17) is 58.1 Å². The minimum absolute atomic E-state index is 0. The molecule has 22 aromatic carbocycles. The van der Waals surface area contributed by atoms with Crippen molar-refractivity contribution in [1.82, 2.24) is 44.9 Å². The number of hydrogen-bond acceptors (Lipinski definition) is 12. The van der Waals surface area contributed by atoms with Crippen molar-refractivity contribution in [3.05, 3.63) is 479 Å². The lowest BCUT2D eigenvalue weighted by atomic mass is 9.94. The van der Waals surface area contributed by atoms with Gasteiger partial charge in [0.15, 0.2) is 52.4 Å². The van der Waals surface area contributed by atoms with Gasteiger partial charge >= 0.3 is 0 Å². The van der Waals surface area contributed by atoms with Crippen LogP contribution in [0, 0.1) is 0 Å². The Morgan fingerprint density at radius 3 is 0.692 bits per heavy atom. The number of benzene rings is 22. The Morgan fingerprint density at radius 1 is 0.112 bits per heavy atom. The van der Waals surface area contributed by atoms with Crippen molar-refractivity contribution >= 4 is 130 Å². The molecule has 0 atom stereocenters. The highest BCUT2D eigenvalue weighted by atomic mass is 16.3. The maximum Gasteiger partial charge on any atom is 0.164 e. The maximum atomic E-state index is 6.24. The van der Waals surface area contributed by atoms with Crippen molar-refractivity contribution < 1.29 is 13.3 Å². The van der Waals surface area contributed by atoms with Gasteiger partial charge < -0.3 is 13.3 Å². The lowest BCUT2D eigenvalue weighted by Gasteiger charge is -2.13. The zero-order valence-corrected chi connectivity index (χ0v) is 75.9. The van der Waals surface area contributed by atoms with Crippen molar-refractivity contribution in [3.8, 4) is 147 Å². The van der Waals surface area contributed by atoms with E-state index in [-0.39, 0.29) is 14.9 Å². The molecule has 0 bridgehead atoms. The predicted octanol–water partition coefficient (Wildman–Crippen LogP) is 35.2. The van der Waals surface area contributed by atoms with Gasteiger partial charge in [-0.3, -0.25) is 0 Å². The Kier molecular flexibility index (Phi) is 22.5. The standard InChI is InChI=1S/C45H27N3O.C43H27N3O.C41H25N3O.2CH4/c1-3-11-30-25-33(19-17-28(30)9-1)43-46-44(34-20-18-29-10-2-4-12-31(29)26-34)48-45(47-43)39-23-22-35(36-13-5-6-14-37(36)39)32-21-24-42-40(27-32)38-15-7-8-16-41(38)49-42;1-3-11-28(12-4-1)29-19-21-31(22-20-29)42-44-41(30-13-5-2-6-14-30)45-43(46-42)38-26-25-33(34-15-7-8-16-35(34)38)32-23-24-37-36-17-9-10-18-39(36)47-40(37)27-32;1-2-11-27(12-3-1)39-42-40(30-19-18-26-10-4-5-13-28(26)24-30)44-41(43-39)35-22-21-31(32-14-6-7-15-33(32)35)29-20-23-38-36(25-29)34-16-8-9-17-37(34)45-38;;/h1-27H;1-27H;1-25H;2*1H4. The molecule has 143 heavy (non-hydrogen) atoms. The summed E-state index contributed by atoms with van der Waals surface area (Å²) in [7, 11) is 0. The molecule has 0 saturated heterocycles. The van der Waals surface area contributed by atoms with Crippen LogP contribution in [0.4, 0.5) is 0 Å². The van der Waals surface area contributed by atoms with Gasteiger partial charge in [-0.25, -0.2) is 44.9 Å². The van der Waals surface area contributed by atoms with E-state index in [1.54, 1.807) is 0 Å². The van der Waals surface area contributed by atoms with Gasteiger partial charge in [0.05, 0.1) is 0 Å². The summed E-state index contributed by atoms with van der Waals surface area (Å²) < 4.78 is 18.5. The molecule has 0 aliphatic rings. The number of nitrogens with zero attached hydrogens (tertiary/aromatic N) is 9. The van der Waals surface area contributed by atoms with Crippen molar-refractivity contribution in [1.29, 1.82) is 0 Å². The molecule has 0 unspecified atom stereocenters. The highest BCUT2D eigenvalue weighted by Crippen LogP contribution is 2.45. The van der Waals surface area contributed by atoms with Gasteiger partial charge in [0.25, 0.3) is 0 Å². The Bertz CT molecular complexity index is 9690. The first kappa shape index (κ1) is 86.7. The summed E-state index contributed by atoms with van der Waals surface area (Å²) in [5.74, 6) is 5.78. The van der Waals surface area contributed by atoms with Crippen LogP contribution >= 0.6 is 0 Å². The fraction of sp³-hybridized carbons (Fsp3) is 0.0153. The van der Waals surface area contributed by atoms with E-state index in [1.165, 1.54) is 21.7 Å². The third kappa shape index (κ3) is 16.4. The Balaban J connectivity index is 0.000000115. The van der Waals surface area contributed by atoms with E-state index in [0.717, 1.165) is 203 Å². The molecule has 0 N–H and O–H groups in total. The highest BCUT2D eigenvalue weighted by Gasteiger charge is 2.24. The Morgan fingerprint density at radius 2 is 0.329 bits per heavy atom. The van der Waals surface area contributed by atoms with Crippen molar-refractivity contribution in [2.24, 2.45) is 0 Å². The highest BCUT2D eigenvalue weighted by molar-refractivity contribution is 6.13. The van der Waals surface area contributed by atoms with Crippen LogP contribution < -0.4 is 0 Å². The minimum Gasteiger partial charge on any atom is -0.456 e. The predicted molar refractivity (Wildman–Crippen MR) is 590 cm³/mol. The smallest absolute Gasteiger partial charge is 0.164 e. The Labute approximate surface area is 824 Å². The van der Waals surface area contributed by atoms with Crippen molar-refractivity contribution in [2.45, 2.75) is 14.9 Å². The zero-order chi connectivity index (χ0) is 93.2. The lowest BCUT2D eigenvalue weighted by molar-refractivity contribution is 0.668. The third-order valence-corrected chi connectivity index (χ3v) is 26.8.